The van der Waals surface area contributed by atoms with Crippen molar-refractivity contribution in [1.82, 2.24) is 5.32 Å². The second-order valence-electron chi connectivity index (χ2n) is 7.15. The van der Waals surface area contributed by atoms with Crippen LogP contribution in [0.25, 0.3) is 0 Å². The van der Waals surface area contributed by atoms with E-state index in [0.29, 0.717) is 16.5 Å². The summed E-state index contributed by atoms with van der Waals surface area (Å²) in [6.45, 7) is 7.96. The maximum Gasteiger partial charge on any atom is 0.0506 e. The van der Waals surface area contributed by atoms with E-state index in [1.807, 2.05) is 0 Å². The van der Waals surface area contributed by atoms with Crippen LogP contribution in [0.4, 0.5) is 0 Å². The SMILES string of the molecule is CCCNC1CCC(C(C)C)CC1S(=O)C1CCCC1. The quantitative estimate of drug-likeness (QED) is 0.806. The zero-order valence-corrected chi connectivity index (χ0v) is 14.4. The molecule has 0 radical (unpaired) electrons. The van der Waals surface area contributed by atoms with E-state index in [2.05, 4.69) is 26.1 Å². The molecule has 1 N–H and O–H groups in total. The normalized spacial score (nSPS) is 33.7. The van der Waals surface area contributed by atoms with E-state index in [-0.39, 0.29) is 0 Å². The average Bonchev–Trinajstić information content (AvgIpc) is 2.98. The molecule has 118 valence electrons. The molecule has 0 heterocycles. The molecule has 0 amide bonds. The molecule has 2 aliphatic rings. The van der Waals surface area contributed by atoms with Gasteiger partial charge in [0.15, 0.2) is 0 Å². The number of nitrogens with one attached hydrogen (secondary N) is 1. The number of hydrogen-bond acceptors (Lipinski definition) is 2. The first kappa shape index (κ1) is 16.5. The second kappa shape index (κ2) is 7.93. The van der Waals surface area contributed by atoms with Crippen LogP contribution >= 0.6 is 0 Å². The monoisotopic (exact) mass is 299 g/mol. The molecule has 0 spiro atoms. The summed E-state index contributed by atoms with van der Waals surface area (Å²) in [5.41, 5.74) is 0. The maximum absolute atomic E-state index is 13.0. The summed E-state index contributed by atoms with van der Waals surface area (Å²) in [6.07, 6.45) is 9.90. The first-order valence-corrected chi connectivity index (χ1v) is 10.0. The molecule has 4 atom stereocenters. The van der Waals surface area contributed by atoms with Gasteiger partial charge in [-0.05, 0) is 56.9 Å². The molecular formula is C17H33NOS. The molecular weight excluding hydrogens is 266 g/mol. The van der Waals surface area contributed by atoms with Crippen molar-refractivity contribution in [2.45, 2.75) is 88.7 Å². The smallest absolute Gasteiger partial charge is 0.0506 e. The van der Waals surface area contributed by atoms with Crippen molar-refractivity contribution in [2.75, 3.05) is 6.54 Å². The Kier molecular flexibility index (Phi) is 6.54. The highest BCUT2D eigenvalue weighted by Crippen LogP contribution is 2.36. The summed E-state index contributed by atoms with van der Waals surface area (Å²) >= 11 is 0. The zero-order valence-electron chi connectivity index (χ0n) is 13.6. The maximum atomic E-state index is 13.0. The molecule has 0 bridgehead atoms. The molecule has 20 heavy (non-hydrogen) atoms. The first-order chi connectivity index (χ1) is 9.63. The van der Waals surface area contributed by atoms with Gasteiger partial charge in [-0.2, -0.15) is 0 Å². The summed E-state index contributed by atoms with van der Waals surface area (Å²) in [5, 5.41) is 4.60. The van der Waals surface area contributed by atoms with Gasteiger partial charge in [0, 0.05) is 22.1 Å². The standard InChI is InChI=1S/C17H33NOS/c1-4-11-18-16-10-9-14(13(2)3)12-17(16)20(19)15-7-5-6-8-15/h13-18H,4-12H2,1-3H3. The predicted octanol–water partition coefficient (Wildman–Crippen LogP) is 3.87. The highest BCUT2D eigenvalue weighted by atomic mass is 32.2. The van der Waals surface area contributed by atoms with E-state index in [1.165, 1.54) is 51.4 Å². The number of hydrogen-bond donors (Lipinski definition) is 1. The van der Waals surface area contributed by atoms with Gasteiger partial charge in [0.1, 0.15) is 0 Å². The minimum Gasteiger partial charge on any atom is -0.313 e. The molecule has 4 unspecified atom stereocenters. The third-order valence-corrected chi connectivity index (χ3v) is 7.61. The molecule has 2 aliphatic carbocycles. The third-order valence-electron chi connectivity index (χ3n) is 5.36. The fourth-order valence-electron chi connectivity index (χ4n) is 3.95. The summed E-state index contributed by atoms with van der Waals surface area (Å²) in [4.78, 5) is 0. The fraction of sp³-hybridized carbons (Fsp3) is 1.00. The van der Waals surface area contributed by atoms with E-state index in [9.17, 15) is 4.21 Å². The summed E-state index contributed by atoms with van der Waals surface area (Å²) in [6, 6.07) is 0.506. The van der Waals surface area contributed by atoms with Crippen molar-refractivity contribution in [3.05, 3.63) is 0 Å². The van der Waals surface area contributed by atoms with Crippen LogP contribution in [0.15, 0.2) is 0 Å². The second-order valence-corrected chi connectivity index (χ2v) is 9.08. The van der Waals surface area contributed by atoms with Gasteiger partial charge in [0.05, 0.1) is 5.25 Å². The van der Waals surface area contributed by atoms with Crippen molar-refractivity contribution in [1.29, 1.82) is 0 Å². The van der Waals surface area contributed by atoms with E-state index in [0.717, 1.165) is 18.4 Å². The van der Waals surface area contributed by atoms with Crippen LogP contribution < -0.4 is 5.32 Å². The number of rotatable bonds is 6. The Morgan fingerprint density at radius 3 is 2.45 bits per heavy atom. The molecule has 2 saturated carbocycles. The lowest BCUT2D eigenvalue weighted by atomic mass is 9.79. The minimum absolute atomic E-state index is 0.408. The van der Waals surface area contributed by atoms with Gasteiger partial charge in [-0.1, -0.05) is 33.6 Å². The van der Waals surface area contributed by atoms with Crippen molar-refractivity contribution in [3.8, 4) is 0 Å². The van der Waals surface area contributed by atoms with Gasteiger partial charge in [-0.3, -0.25) is 4.21 Å². The van der Waals surface area contributed by atoms with E-state index in [4.69, 9.17) is 0 Å². The van der Waals surface area contributed by atoms with Crippen LogP contribution in [-0.2, 0) is 10.8 Å². The lowest BCUT2D eigenvalue weighted by Crippen LogP contribution is -2.48. The predicted molar refractivity (Wildman–Crippen MR) is 88.4 cm³/mol. The fourth-order valence-corrected chi connectivity index (χ4v) is 6.24. The lowest BCUT2D eigenvalue weighted by molar-refractivity contribution is 0.243. The zero-order chi connectivity index (χ0) is 14.5. The van der Waals surface area contributed by atoms with Crippen LogP contribution in [0.1, 0.15) is 72.1 Å². The molecule has 0 aliphatic heterocycles. The third kappa shape index (κ3) is 4.07. The van der Waals surface area contributed by atoms with E-state index < -0.39 is 10.8 Å². The van der Waals surface area contributed by atoms with Gasteiger partial charge in [-0.25, -0.2) is 0 Å². The van der Waals surface area contributed by atoms with Crippen LogP contribution in [0.3, 0.4) is 0 Å². The van der Waals surface area contributed by atoms with E-state index >= 15 is 0 Å². The van der Waals surface area contributed by atoms with Gasteiger partial charge in [0.25, 0.3) is 0 Å². The summed E-state index contributed by atoms with van der Waals surface area (Å²) in [7, 11) is -0.615. The molecule has 2 rings (SSSR count). The van der Waals surface area contributed by atoms with Crippen LogP contribution in [0.2, 0.25) is 0 Å². The Morgan fingerprint density at radius 2 is 1.85 bits per heavy atom. The summed E-state index contributed by atoms with van der Waals surface area (Å²) in [5.74, 6) is 1.52. The molecule has 2 fully saturated rings. The van der Waals surface area contributed by atoms with Crippen LogP contribution in [-0.4, -0.2) is 27.3 Å². The van der Waals surface area contributed by atoms with Crippen molar-refractivity contribution in [2.24, 2.45) is 11.8 Å². The van der Waals surface area contributed by atoms with Crippen LogP contribution in [0.5, 0.6) is 0 Å². The van der Waals surface area contributed by atoms with Gasteiger partial charge >= 0.3 is 0 Å². The van der Waals surface area contributed by atoms with Gasteiger partial charge in [0.2, 0.25) is 0 Å². The Labute approximate surface area is 127 Å². The molecule has 2 nitrogen and oxygen atoms in total. The molecule has 0 aromatic heterocycles. The Morgan fingerprint density at radius 1 is 1.15 bits per heavy atom. The first-order valence-electron chi connectivity index (χ1n) is 8.76. The largest absolute Gasteiger partial charge is 0.313 e. The highest BCUT2D eigenvalue weighted by Gasteiger charge is 2.38. The molecule has 0 aromatic carbocycles. The average molecular weight is 300 g/mol. The minimum atomic E-state index is -0.615. The Hall–Kier alpha value is 0.110. The van der Waals surface area contributed by atoms with E-state index in [1.54, 1.807) is 0 Å². The van der Waals surface area contributed by atoms with Crippen molar-refractivity contribution >= 4 is 10.8 Å². The Bertz CT molecular complexity index is 312. The van der Waals surface area contributed by atoms with Crippen LogP contribution in [0, 0.1) is 11.8 Å². The molecule has 0 aromatic rings. The Balaban J connectivity index is 2.01. The highest BCUT2D eigenvalue weighted by molar-refractivity contribution is 7.86. The van der Waals surface area contributed by atoms with Crippen molar-refractivity contribution in [3.63, 3.8) is 0 Å². The molecule has 3 heteroatoms. The topological polar surface area (TPSA) is 29.1 Å². The summed E-state index contributed by atoms with van der Waals surface area (Å²) < 4.78 is 13.0. The molecule has 0 saturated heterocycles. The van der Waals surface area contributed by atoms with Crippen molar-refractivity contribution < 1.29 is 4.21 Å². The van der Waals surface area contributed by atoms with Gasteiger partial charge < -0.3 is 5.32 Å². The van der Waals surface area contributed by atoms with Gasteiger partial charge in [-0.15, -0.1) is 0 Å². The lowest BCUT2D eigenvalue weighted by Gasteiger charge is -2.39.